The lowest BCUT2D eigenvalue weighted by atomic mass is 10.1. The predicted molar refractivity (Wildman–Crippen MR) is 81.9 cm³/mol. The highest BCUT2D eigenvalue weighted by atomic mass is 35.5. The zero-order chi connectivity index (χ0) is 13.2. The SMILES string of the molecule is NCCc1cc(Cl)ccc1N(CC1CC1)CC1CC1. The molecular weight excluding hydrogens is 256 g/mol. The molecule has 0 radical (unpaired) electrons. The molecule has 1 aromatic rings. The first-order chi connectivity index (χ1) is 9.26. The average molecular weight is 279 g/mol. The summed E-state index contributed by atoms with van der Waals surface area (Å²) in [5.74, 6) is 1.83. The Morgan fingerprint density at radius 1 is 1.11 bits per heavy atom. The lowest BCUT2D eigenvalue weighted by molar-refractivity contribution is 0.676. The zero-order valence-corrected chi connectivity index (χ0v) is 12.2. The van der Waals surface area contributed by atoms with Gasteiger partial charge in [0.1, 0.15) is 0 Å². The second-order valence-electron chi connectivity index (χ2n) is 6.10. The monoisotopic (exact) mass is 278 g/mol. The minimum Gasteiger partial charge on any atom is -0.371 e. The Kier molecular flexibility index (Phi) is 3.99. The molecule has 2 nitrogen and oxygen atoms in total. The van der Waals surface area contributed by atoms with Crippen molar-refractivity contribution in [2.45, 2.75) is 32.1 Å². The Bertz CT molecular complexity index is 424. The van der Waals surface area contributed by atoms with Gasteiger partial charge in [-0.05, 0) is 74.2 Å². The van der Waals surface area contributed by atoms with E-state index < -0.39 is 0 Å². The lowest BCUT2D eigenvalue weighted by Crippen LogP contribution is -2.29. The van der Waals surface area contributed by atoms with E-state index in [0.29, 0.717) is 6.54 Å². The van der Waals surface area contributed by atoms with E-state index in [9.17, 15) is 0 Å². The molecule has 2 N–H and O–H groups in total. The van der Waals surface area contributed by atoms with Gasteiger partial charge < -0.3 is 10.6 Å². The molecule has 1 aromatic carbocycles. The molecule has 0 unspecified atom stereocenters. The van der Waals surface area contributed by atoms with Crippen molar-refractivity contribution >= 4 is 17.3 Å². The lowest BCUT2D eigenvalue weighted by Gasteiger charge is -2.27. The van der Waals surface area contributed by atoms with Crippen LogP contribution in [0.1, 0.15) is 31.2 Å². The maximum atomic E-state index is 6.13. The fourth-order valence-electron chi connectivity index (χ4n) is 2.71. The second kappa shape index (κ2) is 5.72. The van der Waals surface area contributed by atoms with E-state index in [2.05, 4.69) is 17.0 Å². The molecule has 2 aliphatic rings. The number of benzene rings is 1. The minimum absolute atomic E-state index is 0.689. The third kappa shape index (κ3) is 3.64. The Morgan fingerprint density at radius 2 is 1.74 bits per heavy atom. The van der Waals surface area contributed by atoms with Crippen LogP contribution in [0.5, 0.6) is 0 Å². The number of anilines is 1. The topological polar surface area (TPSA) is 29.3 Å². The average Bonchev–Trinajstić information content (AvgIpc) is 3.24. The van der Waals surface area contributed by atoms with Crippen molar-refractivity contribution in [1.29, 1.82) is 0 Å². The van der Waals surface area contributed by atoms with Gasteiger partial charge in [0.2, 0.25) is 0 Å². The van der Waals surface area contributed by atoms with Gasteiger partial charge in [0, 0.05) is 23.8 Å². The van der Waals surface area contributed by atoms with Crippen LogP contribution in [0, 0.1) is 11.8 Å². The number of nitrogens with zero attached hydrogens (tertiary/aromatic N) is 1. The van der Waals surface area contributed by atoms with Gasteiger partial charge in [0.15, 0.2) is 0 Å². The van der Waals surface area contributed by atoms with Crippen molar-refractivity contribution in [3.63, 3.8) is 0 Å². The Balaban J connectivity index is 1.81. The molecule has 2 saturated carbocycles. The molecule has 0 spiro atoms. The first-order valence-corrected chi connectivity index (χ1v) is 7.87. The van der Waals surface area contributed by atoms with Crippen molar-refractivity contribution in [2.24, 2.45) is 17.6 Å². The summed E-state index contributed by atoms with van der Waals surface area (Å²) in [5.41, 5.74) is 8.43. The van der Waals surface area contributed by atoms with Crippen LogP contribution in [0.3, 0.4) is 0 Å². The van der Waals surface area contributed by atoms with Crippen molar-refractivity contribution in [3.8, 4) is 0 Å². The summed E-state index contributed by atoms with van der Waals surface area (Å²) < 4.78 is 0. The van der Waals surface area contributed by atoms with E-state index in [-0.39, 0.29) is 0 Å². The Morgan fingerprint density at radius 3 is 2.26 bits per heavy atom. The van der Waals surface area contributed by atoms with E-state index in [0.717, 1.165) is 23.3 Å². The molecule has 0 amide bonds. The highest BCUT2D eigenvalue weighted by molar-refractivity contribution is 6.30. The summed E-state index contributed by atoms with van der Waals surface area (Å²) in [6, 6.07) is 6.30. The number of hydrogen-bond acceptors (Lipinski definition) is 2. The maximum absolute atomic E-state index is 6.13. The largest absolute Gasteiger partial charge is 0.371 e. The van der Waals surface area contributed by atoms with E-state index >= 15 is 0 Å². The standard InChI is InChI=1S/C16H23ClN2/c17-15-5-6-16(14(9-15)7-8-18)19(10-12-1-2-12)11-13-3-4-13/h5-6,9,12-13H,1-4,7-8,10-11,18H2. The van der Waals surface area contributed by atoms with Gasteiger partial charge in [0.25, 0.3) is 0 Å². The number of rotatable bonds is 7. The van der Waals surface area contributed by atoms with Crippen molar-refractivity contribution < 1.29 is 0 Å². The summed E-state index contributed by atoms with van der Waals surface area (Å²) >= 11 is 6.13. The molecule has 0 aliphatic heterocycles. The summed E-state index contributed by atoms with van der Waals surface area (Å²) in [7, 11) is 0. The van der Waals surface area contributed by atoms with E-state index in [1.807, 2.05) is 6.07 Å². The molecular formula is C16H23ClN2. The number of hydrogen-bond donors (Lipinski definition) is 1. The Labute approximate surface area is 120 Å². The summed E-state index contributed by atoms with van der Waals surface area (Å²) in [5, 5.41) is 0.824. The molecule has 3 rings (SSSR count). The molecule has 0 aromatic heterocycles. The zero-order valence-electron chi connectivity index (χ0n) is 11.4. The summed E-state index contributed by atoms with van der Waals surface area (Å²) in [6.45, 7) is 3.12. The van der Waals surface area contributed by atoms with E-state index in [1.165, 1.54) is 50.0 Å². The van der Waals surface area contributed by atoms with Gasteiger partial charge in [-0.3, -0.25) is 0 Å². The fraction of sp³-hybridized carbons (Fsp3) is 0.625. The van der Waals surface area contributed by atoms with Crippen LogP contribution < -0.4 is 10.6 Å². The second-order valence-corrected chi connectivity index (χ2v) is 6.54. The molecule has 2 aliphatic carbocycles. The van der Waals surface area contributed by atoms with Crippen LogP contribution in [0.2, 0.25) is 5.02 Å². The van der Waals surface area contributed by atoms with Gasteiger partial charge >= 0.3 is 0 Å². The molecule has 0 heterocycles. The van der Waals surface area contributed by atoms with Crippen LogP contribution in [0.4, 0.5) is 5.69 Å². The molecule has 2 fully saturated rings. The number of halogens is 1. The van der Waals surface area contributed by atoms with Crippen molar-refractivity contribution in [1.82, 2.24) is 0 Å². The smallest absolute Gasteiger partial charge is 0.0410 e. The van der Waals surface area contributed by atoms with Gasteiger partial charge in [-0.2, -0.15) is 0 Å². The normalized spacial score (nSPS) is 18.6. The number of nitrogens with two attached hydrogens (primary N) is 1. The summed E-state index contributed by atoms with van der Waals surface area (Å²) in [6.07, 6.45) is 6.53. The highest BCUT2D eigenvalue weighted by Gasteiger charge is 2.30. The van der Waals surface area contributed by atoms with Crippen molar-refractivity contribution in [2.75, 3.05) is 24.5 Å². The third-order valence-electron chi connectivity index (χ3n) is 4.15. The molecule has 0 bridgehead atoms. The third-order valence-corrected chi connectivity index (χ3v) is 4.38. The molecule has 0 saturated heterocycles. The van der Waals surface area contributed by atoms with Crippen LogP contribution in [0.15, 0.2) is 18.2 Å². The first-order valence-electron chi connectivity index (χ1n) is 7.49. The van der Waals surface area contributed by atoms with Crippen LogP contribution in [-0.4, -0.2) is 19.6 Å². The van der Waals surface area contributed by atoms with Gasteiger partial charge in [-0.25, -0.2) is 0 Å². The molecule has 19 heavy (non-hydrogen) atoms. The van der Waals surface area contributed by atoms with Crippen LogP contribution >= 0.6 is 11.6 Å². The molecule has 3 heteroatoms. The molecule has 0 atom stereocenters. The quantitative estimate of drug-likeness (QED) is 0.828. The van der Waals surface area contributed by atoms with Crippen LogP contribution in [-0.2, 0) is 6.42 Å². The molecule has 104 valence electrons. The van der Waals surface area contributed by atoms with Gasteiger partial charge in [-0.1, -0.05) is 11.6 Å². The predicted octanol–water partition coefficient (Wildman–Crippen LogP) is 3.47. The van der Waals surface area contributed by atoms with Crippen LogP contribution in [0.25, 0.3) is 0 Å². The van der Waals surface area contributed by atoms with Gasteiger partial charge in [-0.15, -0.1) is 0 Å². The van der Waals surface area contributed by atoms with E-state index in [1.54, 1.807) is 0 Å². The van der Waals surface area contributed by atoms with Gasteiger partial charge in [0.05, 0.1) is 0 Å². The maximum Gasteiger partial charge on any atom is 0.0410 e. The van der Waals surface area contributed by atoms with E-state index in [4.69, 9.17) is 17.3 Å². The highest BCUT2D eigenvalue weighted by Crippen LogP contribution is 2.37. The first kappa shape index (κ1) is 13.3. The van der Waals surface area contributed by atoms with Crippen molar-refractivity contribution in [3.05, 3.63) is 28.8 Å². The summed E-state index contributed by atoms with van der Waals surface area (Å²) in [4.78, 5) is 2.59. The fourth-order valence-corrected chi connectivity index (χ4v) is 2.91. The minimum atomic E-state index is 0.689. The Hall–Kier alpha value is -0.730.